The predicted molar refractivity (Wildman–Crippen MR) is 83.6 cm³/mol. The Morgan fingerprint density at radius 3 is 2.35 bits per heavy atom. The zero-order valence-electron chi connectivity index (χ0n) is 13.6. The molecule has 4 nitrogen and oxygen atoms in total. The van der Waals surface area contributed by atoms with Gasteiger partial charge < -0.3 is 13.6 Å². The molecule has 0 amide bonds. The summed E-state index contributed by atoms with van der Waals surface area (Å²) in [7, 11) is -3.13. The summed E-state index contributed by atoms with van der Waals surface area (Å²) in [6.07, 6.45) is 1.64. The molecular formula is C14H28O4Si2. The Balaban J connectivity index is 2.05. The van der Waals surface area contributed by atoms with Gasteiger partial charge in [-0.2, -0.15) is 0 Å². The van der Waals surface area contributed by atoms with Crippen LogP contribution in [0.4, 0.5) is 0 Å². The number of hydrogen-bond donors (Lipinski definition) is 0. The van der Waals surface area contributed by atoms with E-state index < -0.39 is 16.6 Å². The molecule has 0 spiro atoms. The summed E-state index contributed by atoms with van der Waals surface area (Å²) in [5.74, 6) is 0.551. The van der Waals surface area contributed by atoms with Crippen molar-refractivity contribution in [2.24, 2.45) is 11.8 Å². The van der Waals surface area contributed by atoms with Crippen LogP contribution < -0.4 is 0 Å². The summed E-state index contributed by atoms with van der Waals surface area (Å²) in [4.78, 5) is 11.5. The lowest BCUT2D eigenvalue weighted by Crippen LogP contribution is -2.39. The molecule has 0 N–H and O–H groups in total. The first kappa shape index (κ1) is 16.2. The Hall–Kier alpha value is -0.176. The molecule has 1 heterocycles. The molecule has 0 radical (unpaired) electrons. The highest BCUT2D eigenvalue weighted by molar-refractivity contribution is 6.70. The standard InChI is InChI=1S/C14H28O4Si2/c1-19(2,3)16-9-11-10-7-14(15)17-12(10)8-13(11)18-20(4,5)6/h10-13H,7-9H2,1-6H3/t10-,11-,12+,13-/m1/s1. The first-order chi connectivity index (χ1) is 9.05. The number of fused-ring (bicyclic) bond motifs is 1. The second kappa shape index (κ2) is 5.55. The fourth-order valence-corrected chi connectivity index (χ4v) is 5.00. The third-order valence-corrected chi connectivity index (χ3v) is 5.91. The fraction of sp³-hybridized carbons (Fsp3) is 0.929. The van der Waals surface area contributed by atoms with Gasteiger partial charge in [0.25, 0.3) is 0 Å². The van der Waals surface area contributed by atoms with Crippen LogP contribution in [0.25, 0.3) is 0 Å². The molecular weight excluding hydrogens is 288 g/mol. The van der Waals surface area contributed by atoms with Crippen LogP contribution in [-0.4, -0.2) is 41.4 Å². The van der Waals surface area contributed by atoms with Crippen molar-refractivity contribution in [3.8, 4) is 0 Å². The third-order valence-electron chi connectivity index (χ3n) is 3.87. The van der Waals surface area contributed by atoms with Crippen molar-refractivity contribution < 1.29 is 18.4 Å². The fourth-order valence-electron chi connectivity index (χ4n) is 3.12. The topological polar surface area (TPSA) is 44.8 Å². The normalized spacial score (nSPS) is 34.2. The predicted octanol–water partition coefficient (Wildman–Crippen LogP) is 3.01. The third kappa shape index (κ3) is 4.16. The number of ether oxygens (including phenoxy) is 1. The first-order valence-corrected chi connectivity index (χ1v) is 14.4. The van der Waals surface area contributed by atoms with Gasteiger partial charge in [0, 0.05) is 24.9 Å². The maximum atomic E-state index is 11.5. The van der Waals surface area contributed by atoms with Gasteiger partial charge >= 0.3 is 5.97 Å². The van der Waals surface area contributed by atoms with Gasteiger partial charge in [0.2, 0.25) is 0 Å². The molecule has 0 aromatic rings. The van der Waals surface area contributed by atoms with Gasteiger partial charge in [0.05, 0.1) is 12.5 Å². The average molecular weight is 317 g/mol. The summed E-state index contributed by atoms with van der Waals surface area (Å²) < 4.78 is 17.9. The summed E-state index contributed by atoms with van der Waals surface area (Å²) in [6, 6.07) is 0. The van der Waals surface area contributed by atoms with E-state index in [-0.39, 0.29) is 18.2 Å². The lowest BCUT2D eigenvalue weighted by atomic mass is 9.93. The molecule has 6 heteroatoms. The molecule has 0 aromatic carbocycles. The Bertz CT molecular complexity index is 372. The van der Waals surface area contributed by atoms with Crippen LogP contribution in [0, 0.1) is 11.8 Å². The SMILES string of the molecule is C[Si](C)(C)OC[C@@H]1[C@H]2CC(=O)O[C@H]2C[C@H]1O[Si](C)(C)C. The number of esters is 1. The minimum atomic E-state index is -1.59. The lowest BCUT2D eigenvalue weighted by molar-refractivity contribution is -0.141. The van der Waals surface area contributed by atoms with E-state index in [2.05, 4.69) is 39.3 Å². The van der Waals surface area contributed by atoms with Crippen molar-refractivity contribution in [1.82, 2.24) is 0 Å². The Morgan fingerprint density at radius 1 is 1.15 bits per heavy atom. The van der Waals surface area contributed by atoms with E-state index in [4.69, 9.17) is 13.6 Å². The van der Waals surface area contributed by atoms with Gasteiger partial charge in [-0.05, 0) is 39.3 Å². The van der Waals surface area contributed by atoms with Gasteiger partial charge in [-0.3, -0.25) is 4.79 Å². The van der Waals surface area contributed by atoms with Gasteiger partial charge in [0.15, 0.2) is 16.6 Å². The molecule has 1 aliphatic heterocycles. The van der Waals surface area contributed by atoms with E-state index in [0.29, 0.717) is 24.9 Å². The molecule has 1 saturated heterocycles. The summed E-state index contributed by atoms with van der Waals surface area (Å²) in [6.45, 7) is 13.9. The van der Waals surface area contributed by atoms with E-state index in [1.165, 1.54) is 0 Å². The summed E-state index contributed by atoms with van der Waals surface area (Å²) in [5, 5.41) is 0. The number of rotatable bonds is 5. The molecule has 1 saturated carbocycles. The molecule has 0 aromatic heterocycles. The van der Waals surface area contributed by atoms with Gasteiger partial charge in [-0.25, -0.2) is 0 Å². The molecule has 0 unspecified atom stereocenters. The molecule has 2 aliphatic rings. The van der Waals surface area contributed by atoms with Gasteiger partial charge in [0.1, 0.15) is 6.10 Å². The maximum Gasteiger partial charge on any atom is 0.306 e. The second-order valence-electron chi connectivity index (χ2n) is 7.99. The van der Waals surface area contributed by atoms with Crippen LogP contribution in [0.15, 0.2) is 0 Å². The quantitative estimate of drug-likeness (QED) is 0.578. The minimum absolute atomic E-state index is 0.0514. The zero-order valence-corrected chi connectivity index (χ0v) is 15.6. The van der Waals surface area contributed by atoms with Crippen LogP contribution in [0.1, 0.15) is 12.8 Å². The van der Waals surface area contributed by atoms with Crippen LogP contribution in [0.2, 0.25) is 39.3 Å². The largest absolute Gasteiger partial charge is 0.462 e. The average Bonchev–Trinajstić information content (AvgIpc) is 2.67. The van der Waals surface area contributed by atoms with Gasteiger partial charge in [-0.15, -0.1) is 0 Å². The summed E-state index contributed by atoms with van der Waals surface area (Å²) >= 11 is 0. The molecule has 116 valence electrons. The molecule has 1 aliphatic carbocycles. The Morgan fingerprint density at radius 2 is 1.80 bits per heavy atom. The zero-order chi connectivity index (χ0) is 15.1. The van der Waals surface area contributed by atoms with E-state index in [1.807, 2.05) is 0 Å². The van der Waals surface area contributed by atoms with E-state index in [1.54, 1.807) is 0 Å². The van der Waals surface area contributed by atoms with Crippen LogP contribution >= 0.6 is 0 Å². The van der Waals surface area contributed by atoms with Crippen LogP contribution in [-0.2, 0) is 18.4 Å². The summed E-state index contributed by atoms with van der Waals surface area (Å²) in [5.41, 5.74) is 0. The highest BCUT2D eigenvalue weighted by Crippen LogP contribution is 2.43. The Labute approximate surface area is 124 Å². The monoisotopic (exact) mass is 316 g/mol. The smallest absolute Gasteiger partial charge is 0.306 e. The van der Waals surface area contributed by atoms with Crippen molar-refractivity contribution in [1.29, 1.82) is 0 Å². The van der Waals surface area contributed by atoms with Crippen molar-refractivity contribution in [2.45, 2.75) is 64.3 Å². The number of carbonyl (C=O) groups excluding carboxylic acids is 1. The maximum absolute atomic E-state index is 11.5. The first-order valence-electron chi connectivity index (χ1n) is 7.56. The van der Waals surface area contributed by atoms with Crippen molar-refractivity contribution >= 4 is 22.6 Å². The molecule has 20 heavy (non-hydrogen) atoms. The molecule has 2 fully saturated rings. The Kier molecular flexibility index (Phi) is 4.50. The second-order valence-corrected chi connectivity index (χ2v) is 17.0. The van der Waals surface area contributed by atoms with Crippen LogP contribution in [0.5, 0.6) is 0 Å². The van der Waals surface area contributed by atoms with Gasteiger partial charge in [-0.1, -0.05) is 0 Å². The van der Waals surface area contributed by atoms with Crippen molar-refractivity contribution in [3.63, 3.8) is 0 Å². The molecule has 2 rings (SSSR count). The van der Waals surface area contributed by atoms with Crippen LogP contribution in [0.3, 0.4) is 0 Å². The van der Waals surface area contributed by atoms with E-state index in [0.717, 1.165) is 6.42 Å². The molecule has 4 atom stereocenters. The highest BCUT2D eigenvalue weighted by atomic mass is 28.4. The number of carbonyl (C=O) groups is 1. The lowest BCUT2D eigenvalue weighted by Gasteiger charge is -2.31. The highest BCUT2D eigenvalue weighted by Gasteiger charge is 2.51. The van der Waals surface area contributed by atoms with E-state index in [9.17, 15) is 4.79 Å². The van der Waals surface area contributed by atoms with Crippen molar-refractivity contribution in [3.05, 3.63) is 0 Å². The molecule has 0 bridgehead atoms. The number of hydrogen-bond acceptors (Lipinski definition) is 4. The van der Waals surface area contributed by atoms with E-state index >= 15 is 0 Å². The van der Waals surface area contributed by atoms with Crippen molar-refractivity contribution in [2.75, 3.05) is 6.61 Å². The minimum Gasteiger partial charge on any atom is -0.462 e.